The molecular formula is C20H23NO3S. The van der Waals surface area contributed by atoms with Gasteiger partial charge < -0.3 is 14.4 Å². The van der Waals surface area contributed by atoms with Crippen molar-refractivity contribution in [2.45, 2.75) is 31.8 Å². The summed E-state index contributed by atoms with van der Waals surface area (Å²) in [7, 11) is 0. The quantitative estimate of drug-likeness (QED) is 0.837. The molecule has 0 N–H and O–H groups in total. The maximum atomic E-state index is 12.9. The van der Waals surface area contributed by atoms with Crippen LogP contribution < -0.4 is 4.74 Å². The third-order valence-electron chi connectivity index (χ3n) is 5.19. The van der Waals surface area contributed by atoms with E-state index in [1.165, 1.54) is 10.4 Å². The van der Waals surface area contributed by atoms with E-state index < -0.39 is 0 Å². The van der Waals surface area contributed by atoms with Crippen LogP contribution in [0, 0.1) is 0 Å². The lowest BCUT2D eigenvalue weighted by Gasteiger charge is -2.44. The summed E-state index contributed by atoms with van der Waals surface area (Å²) in [6.45, 7) is 4.80. The van der Waals surface area contributed by atoms with E-state index in [9.17, 15) is 4.79 Å². The highest BCUT2D eigenvalue weighted by Crippen LogP contribution is 2.43. The monoisotopic (exact) mass is 357 g/mol. The minimum atomic E-state index is -0.183. The number of carbonyl (C=O) groups is 1. The number of rotatable bonds is 3. The van der Waals surface area contributed by atoms with Crippen molar-refractivity contribution in [3.8, 4) is 5.75 Å². The van der Waals surface area contributed by atoms with Crippen molar-refractivity contribution in [2.24, 2.45) is 0 Å². The van der Waals surface area contributed by atoms with Gasteiger partial charge in [-0.25, -0.2) is 0 Å². The molecule has 132 valence electrons. The number of ether oxygens (including phenoxy) is 2. The molecular weight excluding hydrogens is 334 g/mol. The van der Waals surface area contributed by atoms with Gasteiger partial charge in [-0.1, -0.05) is 6.07 Å². The summed E-state index contributed by atoms with van der Waals surface area (Å²) in [6, 6.07) is 9.68. The fraction of sp³-hybridized carbons (Fsp3) is 0.450. The molecule has 2 aromatic rings. The highest BCUT2D eigenvalue weighted by Gasteiger charge is 2.42. The normalized spacial score (nSPS) is 18.8. The zero-order chi connectivity index (χ0) is 17.3. The third-order valence-corrected chi connectivity index (χ3v) is 6.17. The first-order valence-electron chi connectivity index (χ1n) is 8.95. The Balaban J connectivity index is 1.48. The van der Waals surface area contributed by atoms with Gasteiger partial charge in [0.25, 0.3) is 5.91 Å². The van der Waals surface area contributed by atoms with Crippen molar-refractivity contribution in [3.63, 3.8) is 0 Å². The van der Waals surface area contributed by atoms with E-state index in [1.807, 2.05) is 47.4 Å². The molecule has 2 aliphatic rings. The van der Waals surface area contributed by atoms with Crippen LogP contribution in [0.15, 0.2) is 35.7 Å². The molecule has 4 nitrogen and oxygen atoms in total. The van der Waals surface area contributed by atoms with E-state index in [1.54, 1.807) is 0 Å². The van der Waals surface area contributed by atoms with Crippen molar-refractivity contribution >= 4 is 17.2 Å². The minimum absolute atomic E-state index is 0.0813. The van der Waals surface area contributed by atoms with Crippen LogP contribution in [0.5, 0.6) is 5.75 Å². The Kier molecular flexibility index (Phi) is 4.52. The molecule has 1 aromatic heterocycles. The van der Waals surface area contributed by atoms with E-state index in [0.717, 1.165) is 44.7 Å². The molecule has 0 unspecified atom stereocenters. The van der Waals surface area contributed by atoms with Crippen LogP contribution in [0.1, 0.15) is 40.6 Å². The first kappa shape index (κ1) is 16.6. The summed E-state index contributed by atoms with van der Waals surface area (Å²) in [6.07, 6.45) is 2.75. The molecule has 5 heteroatoms. The predicted octanol–water partition coefficient (Wildman–Crippen LogP) is 3.85. The molecule has 1 spiro atoms. The number of nitrogens with zero attached hydrogens (tertiary/aromatic N) is 1. The van der Waals surface area contributed by atoms with Crippen LogP contribution in [-0.4, -0.2) is 37.1 Å². The van der Waals surface area contributed by atoms with Crippen LogP contribution in [0.3, 0.4) is 0 Å². The number of carbonyl (C=O) groups excluding carboxylic acids is 1. The number of hydrogen-bond acceptors (Lipinski definition) is 4. The zero-order valence-electron chi connectivity index (χ0n) is 14.5. The number of hydrogen-bond donors (Lipinski definition) is 0. The molecule has 1 saturated heterocycles. The standard InChI is InChI=1S/C20H23NO3S/c1-2-23-16-5-3-4-15(14-16)19(22)21-10-8-20(9-11-21)17-7-13-25-18(17)6-12-24-20/h3-5,7,13-14H,2,6,8-12H2,1H3. The highest BCUT2D eigenvalue weighted by molar-refractivity contribution is 7.10. The van der Waals surface area contributed by atoms with Crippen LogP contribution in [-0.2, 0) is 16.8 Å². The van der Waals surface area contributed by atoms with Gasteiger partial charge in [-0.2, -0.15) is 0 Å². The largest absolute Gasteiger partial charge is 0.494 e. The second-order valence-electron chi connectivity index (χ2n) is 6.60. The second-order valence-corrected chi connectivity index (χ2v) is 7.60. The summed E-state index contributed by atoms with van der Waals surface area (Å²) in [5.41, 5.74) is 1.87. The molecule has 1 aromatic carbocycles. The van der Waals surface area contributed by atoms with Crippen molar-refractivity contribution in [3.05, 3.63) is 51.7 Å². The van der Waals surface area contributed by atoms with Gasteiger partial charge in [0.2, 0.25) is 0 Å². The lowest BCUT2D eigenvalue weighted by Crippen LogP contribution is -2.48. The first-order chi connectivity index (χ1) is 12.2. The van der Waals surface area contributed by atoms with Crippen LogP contribution in [0.2, 0.25) is 0 Å². The van der Waals surface area contributed by atoms with E-state index in [0.29, 0.717) is 12.2 Å². The maximum Gasteiger partial charge on any atom is 0.253 e. The van der Waals surface area contributed by atoms with E-state index in [-0.39, 0.29) is 11.5 Å². The number of fused-ring (bicyclic) bond motifs is 2. The van der Waals surface area contributed by atoms with Crippen molar-refractivity contribution in [1.82, 2.24) is 4.90 Å². The Morgan fingerprint density at radius 3 is 2.96 bits per heavy atom. The summed E-state index contributed by atoms with van der Waals surface area (Å²) in [5, 5.41) is 2.16. The third kappa shape index (κ3) is 3.07. The maximum absolute atomic E-state index is 12.9. The van der Waals surface area contributed by atoms with Crippen molar-refractivity contribution in [2.75, 3.05) is 26.3 Å². The minimum Gasteiger partial charge on any atom is -0.494 e. The van der Waals surface area contributed by atoms with Gasteiger partial charge in [0.1, 0.15) is 5.75 Å². The fourth-order valence-electron chi connectivity index (χ4n) is 3.91. The predicted molar refractivity (Wildman–Crippen MR) is 98.4 cm³/mol. The Bertz CT molecular complexity index is 762. The van der Waals surface area contributed by atoms with E-state index in [4.69, 9.17) is 9.47 Å². The van der Waals surface area contributed by atoms with Gasteiger partial charge in [-0.05, 0) is 55.0 Å². The van der Waals surface area contributed by atoms with E-state index in [2.05, 4.69) is 11.4 Å². The smallest absolute Gasteiger partial charge is 0.253 e. The topological polar surface area (TPSA) is 38.8 Å². The fourth-order valence-corrected chi connectivity index (χ4v) is 4.86. The van der Waals surface area contributed by atoms with Gasteiger partial charge in [0, 0.05) is 30.0 Å². The van der Waals surface area contributed by atoms with Gasteiger partial charge in [-0.15, -0.1) is 11.3 Å². The second kappa shape index (κ2) is 6.81. The zero-order valence-corrected chi connectivity index (χ0v) is 15.3. The van der Waals surface area contributed by atoms with Crippen LogP contribution in [0.4, 0.5) is 0 Å². The molecule has 4 rings (SSSR count). The average Bonchev–Trinajstić information content (AvgIpc) is 3.13. The van der Waals surface area contributed by atoms with Gasteiger partial charge in [-0.3, -0.25) is 4.79 Å². The SMILES string of the molecule is CCOc1cccc(C(=O)N2CCC3(CC2)OCCc2sccc23)c1. The molecule has 0 aliphatic carbocycles. The Morgan fingerprint density at radius 1 is 1.32 bits per heavy atom. The lowest BCUT2D eigenvalue weighted by molar-refractivity contribution is -0.0926. The summed E-state index contributed by atoms with van der Waals surface area (Å²) in [4.78, 5) is 16.3. The first-order valence-corrected chi connectivity index (χ1v) is 9.83. The number of piperidine rings is 1. The Morgan fingerprint density at radius 2 is 2.16 bits per heavy atom. The van der Waals surface area contributed by atoms with Gasteiger partial charge in [0.05, 0.1) is 18.8 Å². The van der Waals surface area contributed by atoms with Crippen LogP contribution >= 0.6 is 11.3 Å². The number of benzene rings is 1. The van der Waals surface area contributed by atoms with Gasteiger partial charge >= 0.3 is 0 Å². The number of amides is 1. The molecule has 0 radical (unpaired) electrons. The summed E-state index contributed by atoms with van der Waals surface area (Å²) < 4.78 is 11.7. The average molecular weight is 357 g/mol. The highest BCUT2D eigenvalue weighted by atomic mass is 32.1. The van der Waals surface area contributed by atoms with E-state index >= 15 is 0 Å². The number of likely N-dealkylation sites (tertiary alicyclic amines) is 1. The number of thiophene rings is 1. The molecule has 0 saturated carbocycles. The lowest BCUT2D eigenvalue weighted by atomic mass is 9.82. The molecule has 1 fully saturated rings. The Hall–Kier alpha value is -1.85. The Labute approximate surface area is 152 Å². The van der Waals surface area contributed by atoms with Crippen molar-refractivity contribution < 1.29 is 14.3 Å². The molecule has 0 bridgehead atoms. The van der Waals surface area contributed by atoms with Crippen molar-refractivity contribution in [1.29, 1.82) is 0 Å². The van der Waals surface area contributed by atoms with Crippen LogP contribution in [0.25, 0.3) is 0 Å². The summed E-state index contributed by atoms with van der Waals surface area (Å²) >= 11 is 1.83. The molecule has 1 amide bonds. The molecule has 0 atom stereocenters. The van der Waals surface area contributed by atoms with Gasteiger partial charge in [0.15, 0.2) is 0 Å². The molecule has 3 heterocycles. The summed E-state index contributed by atoms with van der Waals surface area (Å²) in [5.74, 6) is 0.832. The molecule has 25 heavy (non-hydrogen) atoms. The molecule has 2 aliphatic heterocycles.